The molecular formula is C41H39ClFN3O7. The molecule has 12 heteroatoms. The maximum absolute atomic E-state index is 15.3. The van der Waals surface area contributed by atoms with Gasteiger partial charge >= 0.3 is 5.97 Å². The summed E-state index contributed by atoms with van der Waals surface area (Å²) in [5, 5.41) is 22.3. The number of halogens is 2. The molecule has 4 aliphatic rings. The molecule has 2 aliphatic carbocycles. The Morgan fingerprint density at radius 2 is 1.70 bits per heavy atom. The van der Waals surface area contributed by atoms with Crippen LogP contribution in [0.2, 0.25) is 5.02 Å². The predicted octanol–water partition coefficient (Wildman–Crippen LogP) is 6.54. The van der Waals surface area contributed by atoms with E-state index in [1.165, 1.54) is 29.2 Å². The number of carboxylic acids is 1. The molecule has 0 bridgehead atoms. The molecule has 274 valence electrons. The second kappa shape index (κ2) is 14.3. The van der Waals surface area contributed by atoms with Gasteiger partial charge in [0.15, 0.2) is 0 Å². The minimum absolute atomic E-state index is 0.00126. The predicted molar refractivity (Wildman–Crippen MR) is 194 cm³/mol. The first-order valence-corrected chi connectivity index (χ1v) is 18.2. The average molecular weight is 740 g/mol. The molecule has 0 aromatic heterocycles. The molecule has 3 aromatic carbocycles. The van der Waals surface area contributed by atoms with Gasteiger partial charge in [0, 0.05) is 29.5 Å². The lowest BCUT2D eigenvalue weighted by atomic mass is 9.49. The summed E-state index contributed by atoms with van der Waals surface area (Å²) in [7, 11) is 0. The highest BCUT2D eigenvalue weighted by Crippen LogP contribution is 2.65. The number of fused-ring (bicyclic) bond motifs is 4. The van der Waals surface area contributed by atoms with Gasteiger partial charge in [0.1, 0.15) is 11.6 Å². The number of hydrogen-bond donors (Lipinski definition) is 3. The summed E-state index contributed by atoms with van der Waals surface area (Å²) in [6, 6.07) is 17.2. The van der Waals surface area contributed by atoms with Gasteiger partial charge in [-0.05, 0) is 85.5 Å². The molecule has 6 unspecified atom stereocenters. The van der Waals surface area contributed by atoms with Crippen LogP contribution in [0.5, 0.6) is 5.75 Å². The van der Waals surface area contributed by atoms with E-state index in [4.69, 9.17) is 16.7 Å². The van der Waals surface area contributed by atoms with Gasteiger partial charge in [0.05, 0.1) is 28.9 Å². The van der Waals surface area contributed by atoms with Crippen LogP contribution >= 0.6 is 11.6 Å². The summed E-state index contributed by atoms with van der Waals surface area (Å²) in [6.45, 7) is 3.99. The van der Waals surface area contributed by atoms with Gasteiger partial charge in [-0.25, -0.2) is 4.39 Å². The van der Waals surface area contributed by atoms with Crippen LogP contribution in [0, 0.1) is 29.5 Å². The first-order chi connectivity index (χ1) is 25.5. The highest BCUT2D eigenvalue weighted by Gasteiger charge is 2.70. The number of carbonyl (C=O) groups is 5. The van der Waals surface area contributed by atoms with E-state index >= 15 is 4.79 Å². The van der Waals surface area contributed by atoms with Crippen molar-refractivity contribution in [3.63, 3.8) is 0 Å². The van der Waals surface area contributed by atoms with E-state index in [2.05, 4.69) is 12.0 Å². The Labute approximate surface area is 310 Å². The Kier molecular flexibility index (Phi) is 9.71. The molecule has 4 amide bonds. The standard InChI is InChI=1S/C41H39ClFN3O7/c1-2-7-23-8-6-9-30(36(23)49)35-28-19-20-29-34(39(52)45(37(29)50)21-5-3-4-10-33(47)48)31(28)22-32-38(51)46(44-27-17-15-26(43)16-18-27)40(53)41(32,35)24-11-13-25(42)14-12-24/h2,6,8-9,11-19,29,31-32,34-35,44,49H,1,3-5,7,10,20-22H2,(H,47,48). The number of rotatable bonds is 12. The van der Waals surface area contributed by atoms with Crippen molar-refractivity contribution in [1.29, 1.82) is 0 Å². The third kappa shape index (κ3) is 6.00. The smallest absolute Gasteiger partial charge is 0.303 e. The molecule has 6 atom stereocenters. The SMILES string of the molecule is C=CCc1cccc(C2C3=CCC4C(=O)N(CCCCCC(=O)O)C(=O)C4C3CC3C(=O)N(Nc4ccc(F)cc4)C(=O)C32c2ccc(Cl)cc2)c1O. The lowest BCUT2D eigenvalue weighted by Crippen LogP contribution is -2.53. The van der Waals surface area contributed by atoms with Crippen LogP contribution < -0.4 is 5.43 Å². The molecule has 3 fully saturated rings. The highest BCUT2D eigenvalue weighted by molar-refractivity contribution is 6.30. The van der Waals surface area contributed by atoms with Gasteiger partial charge in [0.2, 0.25) is 11.8 Å². The van der Waals surface area contributed by atoms with E-state index in [0.717, 1.165) is 5.01 Å². The molecule has 2 aliphatic heterocycles. The number of hydrazine groups is 1. The number of anilines is 1. The number of nitrogens with one attached hydrogen (secondary N) is 1. The van der Waals surface area contributed by atoms with Gasteiger partial charge in [0.25, 0.3) is 11.8 Å². The maximum Gasteiger partial charge on any atom is 0.303 e. The topological polar surface area (TPSA) is 144 Å². The number of allylic oxidation sites excluding steroid dienone is 3. The fraction of sp³-hybridized carbons (Fsp3) is 0.341. The molecule has 53 heavy (non-hydrogen) atoms. The molecule has 0 radical (unpaired) electrons. The number of hydrogen-bond acceptors (Lipinski definition) is 7. The number of phenolic OH excluding ortho intramolecular Hbond substituents is 1. The van der Waals surface area contributed by atoms with Crippen LogP contribution in [-0.4, -0.2) is 56.3 Å². The highest BCUT2D eigenvalue weighted by atomic mass is 35.5. The number of unbranched alkanes of at least 4 members (excludes halogenated alkanes) is 2. The van der Waals surface area contributed by atoms with Crippen molar-refractivity contribution in [1.82, 2.24) is 9.91 Å². The van der Waals surface area contributed by atoms with E-state index in [1.54, 1.807) is 48.5 Å². The quantitative estimate of drug-likeness (QED) is 0.108. The van der Waals surface area contributed by atoms with Gasteiger partial charge in [-0.1, -0.05) is 66.1 Å². The molecule has 1 saturated carbocycles. The Morgan fingerprint density at radius 1 is 0.962 bits per heavy atom. The third-order valence-corrected chi connectivity index (χ3v) is 11.7. The molecule has 3 aromatic rings. The van der Waals surface area contributed by atoms with Crippen LogP contribution in [0.3, 0.4) is 0 Å². The largest absolute Gasteiger partial charge is 0.507 e. The Bertz CT molecular complexity index is 2030. The summed E-state index contributed by atoms with van der Waals surface area (Å²) in [5.74, 6) is -7.34. The van der Waals surface area contributed by atoms with Gasteiger partial charge in [-0.3, -0.25) is 34.3 Å². The van der Waals surface area contributed by atoms with Crippen LogP contribution in [0.15, 0.2) is 91.0 Å². The molecule has 2 heterocycles. The minimum Gasteiger partial charge on any atom is -0.507 e. The van der Waals surface area contributed by atoms with Crippen LogP contribution in [-0.2, 0) is 35.8 Å². The number of amides is 4. The lowest BCUT2D eigenvalue weighted by molar-refractivity contribution is -0.141. The number of carboxylic acid groups (broad SMARTS) is 1. The van der Waals surface area contributed by atoms with Crippen molar-refractivity contribution in [3.8, 4) is 5.75 Å². The normalized spacial score (nSPS) is 26.2. The monoisotopic (exact) mass is 739 g/mol. The van der Waals surface area contributed by atoms with Crippen molar-refractivity contribution in [2.24, 2.45) is 23.7 Å². The molecule has 2 saturated heterocycles. The molecule has 0 spiro atoms. The number of aliphatic carboxylic acids is 1. The maximum atomic E-state index is 15.3. The Hall–Kier alpha value is -5.29. The van der Waals surface area contributed by atoms with E-state index in [1.807, 2.05) is 6.08 Å². The van der Waals surface area contributed by atoms with Gasteiger partial charge in [-0.2, -0.15) is 5.01 Å². The van der Waals surface area contributed by atoms with Crippen LogP contribution in [0.25, 0.3) is 0 Å². The molecule has 3 N–H and O–H groups in total. The number of para-hydroxylation sites is 1. The van der Waals surface area contributed by atoms with Crippen molar-refractivity contribution >= 4 is 46.9 Å². The summed E-state index contributed by atoms with van der Waals surface area (Å²) < 4.78 is 13.9. The summed E-state index contributed by atoms with van der Waals surface area (Å²) >= 11 is 6.36. The lowest BCUT2D eigenvalue weighted by Gasteiger charge is -2.50. The van der Waals surface area contributed by atoms with Crippen molar-refractivity contribution in [2.45, 2.75) is 56.3 Å². The fourth-order valence-electron chi connectivity index (χ4n) is 9.17. The van der Waals surface area contributed by atoms with E-state index in [0.29, 0.717) is 58.7 Å². The second-order valence-corrected chi connectivity index (χ2v) is 14.7. The zero-order valence-corrected chi connectivity index (χ0v) is 29.6. The number of likely N-dealkylation sites (tertiary alicyclic amines) is 1. The first-order valence-electron chi connectivity index (χ1n) is 17.8. The number of nitrogens with zero attached hydrogens (tertiary/aromatic N) is 2. The average Bonchev–Trinajstić information content (AvgIpc) is 3.51. The van der Waals surface area contributed by atoms with Crippen molar-refractivity contribution < 1.29 is 38.6 Å². The minimum atomic E-state index is -1.62. The zero-order valence-electron chi connectivity index (χ0n) is 28.8. The van der Waals surface area contributed by atoms with Crippen molar-refractivity contribution in [3.05, 3.63) is 119 Å². The number of phenols is 1. The van der Waals surface area contributed by atoms with Crippen LogP contribution in [0.4, 0.5) is 10.1 Å². The number of aromatic hydroxyl groups is 1. The second-order valence-electron chi connectivity index (χ2n) is 14.3. The molecular weight excluding hydrogens is 701 g/mol. The Morgan fingerprint density at radius 3 is 2.40 bits per heavy atom. The number of carbonyl (C=O) groups excluding carboxylic acids is 4. The van der Waals surface area contributed by atoms with Gasteiger partial charge in [-0.15, -0.1) is 6.58 Å². The summed E-state index contributed by atoms with van der Waals surface area (Å²) in [4.78, 5) is 70.4. The van der Waals surface area contributed by atoms with Crippen LogP contribution in [0.1, 0.15) is 61.1 Å². The third-order valence-electron chi connectivity index (χ3n) is 11.4. The molecule has 7 rings (SSSR count). The fourth-order valence-corrected chi connectivity index (χ4v) is 9.30. The van der Waals surface area contributed by atoms with E-state index in [9.17, 15) is 28.7 Å². The van der Waals surface area contributed by atoms with Gasteiger partial charge < -0.3 is 10.2 Å². The number of benzene rings is 3. The zero-order chi connectivity index (χ0) is 37.6. The first kappa shape index (κ1) is 36.1. The number of imide groups is 2. The molecule has 10 nitrogen and oxygen atoms in total. The van der Waals surface area contributed by atoms with E-state index < -0.39 is 58.6 Å². The Balaban J connectivity index is 1.37. The summed E-state index contributed by atoms with van der Waals surface area (Å²) in [6.07, 6.45) is 5.61. The van der Waals surface area contributed by atoms with Crippen molar-refractivity contribution in [2.75, 3.05) is 12.0 Å². The van der Waals surface area contributed by atoms with E-state index in [-0.39, 0.29) is 43.4 Å². The summed E-state index contributed by atoms with van der Waals surface area (Å²) in [5.41, 5.74) is 3.75.